The van der Waals surface area contributed by atoms with E-state index in [1.165, 1.54) is 36.7 Å². The molecule has 0 spiro atoms. The lowest BCUT2D eigenvalue weighted by molar-refractivity contribution is -0.152. The normalized spacial score (nSPS) is 22.9. The number of carbonyl (C=O) groups is 1. The summed E-state index contributed by atoms with van der Waals surface area (Å²) in [5, 5.41) is 27.7. The molecule has 0 aromatic carbocycles. The second-order valence-electron chi connectivity index (χ2n) is 8.21. The number of nitrogens with zero attached hydrogens (tertiary/aromatic N) is 5. The summed E-state index contributed by atoms with van der Waals surface area (Å²) in [6.45, 7) is 1.68. The highest BCUT2D eigenvalue weighted by atomic mass is 16.5. The van der Waals surface area contributed by atoms with Gasteiger partial charge in [0, 0.05) is 21.2 Å². The van der Waals surface area contributed by atoms with Crippen molar-refractivity contribution in [1.82, 2.24) is 29.2 Å². The lowest BCUT2D eigenvalue weighted by Gasteiger charge is -2.38. The molecular weight excluding hydrogens is 452 g/mol. The summed E-state index contributed by atoms with van der Waals surface area (Å²) >= 11 is 0. The van der Waals surface area contributed by atoms with Gasteiger partial charge in [-0.05, 0) is 6.92 Å². The maximum absolute atomic E-state index is 12.7. The molecule has 3 N–H and O–H groups in total. The van der Waals surface area contributed by atoms with E-state index < -0.39 is 41.5 Å². The molecule has 14 nitrogen and oxygen atoms in total. The first-order valence-electron chi connectivity index (χ1n) is 10.5. The number of fused-ring (bicyclic) bond motifs is 1. The number of rotatable bonds is 6. The fourth-order valence-corrected chi connectivity index (χ4v) is 4.06. The van der Waals surface area contributed by atoms with E-state index in [0.717, 1.165) is 4.57 Å². The molecule has 1 fully saturated rings. The number of aryl methyl sites for hydroxylation is 2. The summed E-state index contributed by atoms with van der Waals surface area (Å²) in [5.74, 6) is -0.169. The Bertz CT molecular complexity index is 1340. The molecule has 0 saturated carbocycles. The average molecular weight is 478 g/mol. The first kappa shape index (κ1) is 23.8. The van der Waals surface area contributed by atoms with E-state index in [1.54, 1.807) is 6.92 Å². The first-order valence-corrected chi connectivity index (χ1v) is 10.5. The highest BCUT2D eigenvalue weighted by molar-refractivity contribution is 5.94. The summed E-state index contributed by atoms with van der Waals surface area (Å²) in [4.78, 5) is 41.4. The maximum Gasteiger partial charge on any atom is 0.332 e. The van der Waals surface area contributed by atoms with Crippen LogP contribution in [-0.4, -0.2) is 78.0 Å². The highest BCUT2D eigenvalue weighted by Crippen LogP contribution is 2.20. The molecular formula is C20H26N6O8. The number of nitrogens with one attached hydrogen (secondary N) is 1. The third kappa shape index (κ3) is 3.94. The monoisotopic (exact) mass is 478 g/mol. The number of amides is 1. The third-order valence-electron chi connectivity index (χ3n) is 6.02. The van der Waals surface area contributed by atoms with Crippen LogP contribution in [0.4, 0.5) is 0 Å². The number of hydrogen-bond donors (Lipinski definition) is 3. The maximum atomic E-state index is 12.7. The van der Waals surface area contributed by atoms with Crippen LogP contribution in [0.15, 0.2) is 20.4 Å². The Morgan fingerprint density at radius 3 is 2.71 bits per heavy atom. The van der Waals surface area contributed by atoms with E-state index >= 15 is 0 Å². The molecule has 0 aliphatic carbocycles. The molecule has 1 aliphatic heterocycles. The average Bonchev–Trinajstić information content (AvgIpc) is 3.40. The number of aromatic nitrogens is 5. The van der Waals surface area contributed by atoms with Gasteiger partial charge in [-0.2, -0.15) is 0 Å². The van der Waals surface area contributed by atoms with Gasteiger partial charge in [0.25, 0.3) is 11.5 Å². The number of imidazole rings is 1. The number of methoxy groups -OCH3 is 1. The number of aliphatic hydroxyl groups is 2. The molecule has 184 valence electrons. The Morgan fingerprint density at radius 2 is 2.00 bits per heavy atom. The van der Waals surface area contributed by atoms with Gasteiger partial charge in [-0.25, -0.2) is 9.78 Å². The number of carbonyl (C=O) groups excluding carboxylic acids is 1. The van der Waals surface area contributed by atoms with Crippen LogP contribution in [0.5, 0.6) is 0 Å². The van der Waals surface area contributed by atoms with Gasteiger partial charge in [-0.1, -0.05) is 5.16 Å². The number of ether oxygens (including phenoxy) is 2. The zero-order valence-electron chi connectivity index (χ0n) is 19.1. The van der Waals surface area contributed by atoms with Gasteiger partial charge in [-0.15, -0.1) is 0 Å². The van der Waals surface area contributed by atoms with Crippen molar-refractivity contribution in [1.29, 1.82) is 0 Å². The van der Waals surface area contributed by atoms with Crippen LogP contribution in [0.2, 0.25) is 0 Å². The van der Waals surface area contributed by atoms with Gasteiger partial charge in [0.15, 0.2) is 11.2 Å². The van der Waals surface area contributed by atoms with Crippen molar-refractivity contribution in [3.63, 3.8) is 0 Å². The lowest BCUT2D eigenvalue weighted by atomic mass is 9.97. The van der Waals surface area contributed by atoms with Gasteiger partial charge < -0.3 is 34.1 Å². The quantitative estimate of drug-likeness (QED) is 0.352. The summed E-state index contributed by atoms with van der Waals surface area (Å²) in [7, 11) is 4.34. The Hall–Kier alpha value is -3.33. The minimum Gasteiger partial charge on any atom is -0.388 e. The molecule has 4 rings (SSSR count). The van der Waals surface area contributed by atoms with E-state index in [1.807, 2.05) is 0 Å². The fraction of sp³-hybridized carbons (Fsp3) is 0.550. The SMILES string of the molecule is COCc1c(C(=O)N[C@@H]2CO[C@H](Cn3cnc4c(=O)n(C)c(=O)n(C)c43)[C@@H](O)[C@H]2O)noc1C. The minimum absolute atomic E-state index is 0.0102. The second-order valence-corrected chi connectivity index (χ2v) is 8.21. The molecule has 1 aliphatic rings. The van der Waals surface area contributed by atoms with Gasteiger partial charge in [0.2, 0.25) is 0 Å². The van der Waals surface area contributed by atoms with Crippen LogP contribution >= 0.6 is 0 Å². The zero-order chi connectivity index (χ0) is 24.7. The molecule has 4 atom stereocenters. The topological polar surface area (TPSA) is 176 Å². The molecule has 3 aromatic rings. The summed E-state index contributed by atoms with van der Waals surface area (Å²) in [6.07, 6.45) is -2.25. The molecule has 1 saturated heterocycles. The van der Waals surface area contributed by atoms with Crippen molar-refractivity contribution in [3.8, 4) is 0 Å². The Kier molecular flexibility index (Phi) is 6.40. The Balaban J connectivity index is 1.50. The zero-order valence-corrected chi connectivity index (χ0v) is 19.1. The van der Waals surface area contributed by atoms with Gasteiger partial charge in [0.1, 0.15) is 29.7 Å². The molecule has 3 aromatic heterocycles. The molecule has 14 heteroatoms. The highest BCUT2D eigenvalue weighted by Gasteiger charge is 2.40. The predicted octanol–water partition coefficient (Wildman–Crippen LogP) is -2.20. The summed E-state index contributed by atoms with van der Waals surface area (Å²) in [6, 6.07) is -0.915. The smallest absolute Gasteiger partial charge is 0.332 e. The van der Waals surface area contributed by atoms with Crippen LogP contribution in [0.1, 0.15) is 21.8 Å². The molecule has 4 heterocycles. The van der Waals surface area contributed by atoms with Crippen molar-refractivity contribution in [2.24, 2.45) is 14.1 Å². The number of aliphatic hydroxyl groups excluding tert-OH is 2. The first-order chi connectivity index (χ1) is 16.1. The van der Waals surface area contributed by atoms with Crippen molar-refractivity contribution in [2.45, 2.75) is 44.4 Å². The second kappa shape index (κ2) is 9.13. The van der Waals surface area contributed by atoms with E-state index in [0.29, 0.717) is 11.3 Å². The molecule has 0 bridgehead atoms. The van der Waals surface area contributed by atoms with Gasteiger partial charge in [-0.3, -0.25) is 18.7 Å². The van der Waals surface area contributed by atoms with Crippen LogP contribution < -0.4 is 16.6 Å². The van der Waals surface area contributed by atoms with E-state index in [-0.39, 0.29) is 36.6 Å². The fourth-order valence-electron chi connectivity index (χ4n) is 4.06. The van der Waals surface area contributed by atoms with Crippen molar-refractivity contribution >= 4 is 17.1 Å². The third-order valence-corrected chi connectivity index (χ3v) is 6.02. The van der Waals surface area contributed by atoms with Gasteiger partial charge in [0.05, 0.1) is 37.7 Å². The van der Waals surface area contributed by atoms with Crippen LogP contribution in [0.3, 0.4) is 0 Å². The molecule has 0 radical (unpaired) electrons. The summed E-state index contributed by atoms with van der Waals surface area (Å²) in [5.41, 5.74) is -0.205. The Labute approximate surface area is 192 Å². The minimum atomic E-state index is -1.38. The van der Waals surface area contributed by atoms with Crippen LogP contribution in [-0.2, 0) is 36.7 Å². The van der Waals surface area contributed by atoms with E-state index in [2.05, 4.69) is 15.5 Å². The molecule has 34 heavy (non-hydrogen) atoms. The number of hydrogen-bond acceptors (Lipinski definition) is 10. The van der Waals surface area contributed by atoms with Crippen molar-refractivity contribution in [2.75, 3.05) is 13.7 Å². The van der Waals surface area contributed by atoms with E-state index in [4.69, 9.17) is 14.0 Å². The van der Waals surface area contributed by atoms with E-state index in [9.17, 15) is 24.6 Å². The summed E-state index contributed by atoms with van der Waals surface area (Å²) < 4.78 is 19.6. The van der Waals surface area contributed by atoms with Crippen LogP contribution in [0.25, 0.3) is 11.2 Å². The molecule has 1 amide bonds. The van der Waals surface area contributed by atoms with Gasteiger partial charge >= 0.3 is 5.69 Å². The van der Waals surface area contributed by atoms with Crippen molar-refractivity contribution < 1.29 is 29.0 Å². The Morgan fingerprint density at radius 1 is 1.26 bits per heavy atom. The molecule has 0 unspecified atom stereocenters. The van der Waals surface area contributed by atoms with Crippen molar-refractivity contribution in [3.05, 3.63) is 44.2 Å². The standard InChI is InChI=1S/C20H26N6O8/c1-9-10(6-32-4)13(23-34-9)17(29)22-11-7-33-12(16(28)15(11)27)5-26-8-21-14-18(26)24(2)20(31)25(3)19(14)30/h8,11-12,15-16,27-28H,5-7H2,1-4H3,(H,22,29)/t11-,12-,15+,16-/m1/s1. The largest absolute Gasteiger partial charge is 0.388 e. The predicted molar refractivity (Wildman–Crippen MR) is 115 cm³/mol. The lowest BCUT2D eigenvalue weighted by Crippen LogP contribution is -2.60. The van der Waals surface area contributed by atoms with Crippen LogP contribution in [0, 0.1) is 6.92 Å².